The highest BCUT2D eigenvalue weighted by Crippen LogP contribution is 2.24. The molecule has 1 aromatic heterocycles. The highest BCUT2D eigenvalue weighted by Gasteiger charge is 2.07. The summed E-state index contributed by atoms with van der Waals surface area (Å²) in [5.74, 6) is 1.74. The molecule has 0 atom stereocenters. The Bertz CT molecular complexity index is 558. The first-order chi connectivity index (χ1) is 9.15. The van der Waals surface area contributed by atoms with Gasteiger partial charge in [0.1, 0.15) is 5.76 Å². The summed E-state index contributed by atoms with van der Waals surface area (Å²) in [6, 6.07) is 8.68. The van der Waals surface area contributed by atoms with Crippen molar-refractivity contribution in [2.45, 2.75) is 5.75 Å². The van der Waals surface area contributed by atoms with Crippen molar-refractivity contribution in [2.75, 3.05) is 16.8 Å². The van der Waals surface area contributed by atoms with Crippen LogP contribution in [0.3, 0.4) is 0 Å². The number of carbonyl (C=O) groups excluding carboxylic acids is 1. The zero-order valence-electron chi connectivity index (χ0n) is 10.1. The van der Waals surface area contributed by atoms with Crippen LogP contribution in [0.15, 0.2) is 41.0 Å². The lowest BCUT2D eigenvalue weighted by atomic mass is 10.3. The van der Waals surface area contributed by atoms with E-state index in [1.807, 2.05) is 12.1 Å². The molecule has 0 saturated heterocycles. The third-order valence-corrected chi connectivity index (χ3v) is 3.59. The fraction of sp³-hybridized carbons (Fsp3) is 0.154. The molecule has 3 N–H and O–H groups in total. The van der Waals surface area contributed by atoms with Crippen molar-refractivity contribution in [3.05, 3.63) is 47.4 Å². The average Bonchev–Trinajstić information content (AvgIpc) is 2.86. The molecule has 0 unspecified atom stereocenters. The Kier molecular flexibility index (Phi) is 4.76. The van der Waals surface area contributed by atoms with Gasteiger partial charge >= 0.3 is 0 Å². The molecule has 1 aromatic carbocycles. The number of anilines is 2. The van der Waals surface area contributed by atoms with E-state index in [1.54, 1.807) is 24.5 Å². The molecule has 0 spiro atoms. The van der Waals surface area contributed by atoms with Crippen molar-refractivity contribution in [1.29, 1.82) is 0 Å². The molecule has 0 radical (unpaired) electrons. The van der Waals surface area contributed by atoms with Crippen molar-refractivity contribution < 1.29 is 9.21 Å². The number of nitrogen functional groups attached to an aromatic ring is 1. The second-order valence-electron chi connectivity index (χ2n) is 3.86. The third-order valence-electron chi connectivity index (χ3n) is 2.32. The predicted molar refractivity (Wildman–Crippen MR) is 79.4 cm³/mol. The normalized spacial score (nSPS) is 10.4. The zero-order valence-corrected chi connectivity index (χ0v) is 11.6. The van der Waals surface area contributed by atoms with Crippen LogP contribution < -0.4 is 11.1 Å². The molecule has 0 aliphatic rings. The van der Waals surface area contributed by atoms with E-state index in [0.717, 1.165) is 5.76 Å². The molecule has 0 aliphatic heterocycles. The number of rotatable bonds is 5. The molecule has 2 rings (SSSR count). The van der Waals surface area contributed by atoms with Gasteiger partial charge in [0.2, 0.25) is 5.91 Å². The second-order valence-corrected chi connectivity index (χ2v) is 5.25. The quantitative estimate of drug-likeness (QED) is 0.830. The third kappa shape index (κ3) is 4.22. The topological polar surface area (TPSA) is 68.3 Å². The van der Waals surface area contributed by atoms with Crippen LogP contribution in [0.4, 0.5) is 11.4 Å². The number of thioether (sulfide) groups is 1. The van der Waals surface area contributed by atoms with Crippen molar-refractivity contribution >= 4 is 40.6 Å². The molecule has 6 heteroatoms. The van der Waals surface area contributed by atoms with Crippen molar-refractivity contribution in [3.8, 4) is 0 Å². The molecule has 1 heterocycles. The Morgan fingerprint density at radius 1 is 1.42 bits per heavy atom. The summed E-state index contributed by atoms with van der Waals surface area (Å²) in [6.45, 7) is 0. The van der Waals surface area contributed by atoms with Gasteiger partial charge in [-0.3, -0.25) is 4.79 Å². The number of hydrogen-bond donors (Lipinski definition) is 2. The van der Waals surface area contributed by atoms with Gasteiger partial charge in [-0.15, -0.1) is 11.8 Å². The van der Waals surface area contributed by atoms with Gasteiger partial charge in [0, 0.05) is 5.69 Å². The molecule has 1 amide bonds. The molecule has 4 nitrogen and oxygen atoms in total. The van der Waals surface area contributed by atoms with Crippen LogP contribution in [-0.4, -0.2) is 11.7 Å². The van der Waals surface area contributed by atoms with Crippen LogP contribution in [0.5, 0.6) is 0 Å². The molecular weight excluding hydrogens is 284 g/mol. The van der Waals surface area contributed by atoms with Gasteiger partial charge < -0.3 is 15.5 Å². The molecule has 0 aliphatic carbocycles. The van der Waals surface area contributed by atoms with E-state index in [1.165, 1.54) is 11.8 Å². The highest BCUT2D eigenvalue weighted by atomic mass is 35.5. The standard InChI is InChI=1S/C13H13ClN2O2S/c14-11-6-9(15)3-4-12(11)16-13(17)8-19-7-10-2-1-5-18-10/h1-6H,7-8,15H2,(H,16,17). The maximum atomic E-state index is 11.7. The minimum atomic E-state index is -0.108. The number of carbonyl (C=O) groups is 1. The van der Waals surface area contributed by atoms with Gasteiger partial charge in [-0.2, -0.15) is 0 Å². The lowest BCUT2D eigenvalue weighted by Crippen LogP contribution is -2.14. The molecular formula is C13H13ClN2O2S. The molecule has 0 saturated carbocycles. The fourth-order valence-electron chi connectivity index (χ4n) is 1.46. The Balaban J connectivity index is 1.80. The lowest BCUT2D eigenvalue weighted by Gasteiger charge is -2.07. The van der Waals surface area contributed by atoms with Crippen molar-refractivity contribution in [3.63, 3.8) is 0 Å². The van der Waals surface area contributed by atoms with Crippen LogP contribution in [0.25, 0.3) is 0 Å². The molecule has 19 heavy (non-hydrogen) atoms. The van der Waals surface area contributed by atoms with Gasteiger partial charge in [0.15, 0.2) is 0 Å². The first kappa shape index (κ1) is 13.8. The Hall–Kier alpha value is -1.59. The van der Waals surface area contributed by atoms with Crippen molar-refractivity contribution in [2.24, 2.45) is 0 Å². The van der Waals surface area contributed by atoms with E-state index in [4.69, 9.17) is 21.8 Å². The minimum absolute atomic E-state index is 0.108. The minimum Gasteiger partial charge on any atom is -0.468 e. The monoisotopic (exact) mass is 296 g/mol. The number of benzene rings is 1. The molecule has 100 valence electrons. The predicted octanol–water partition coefficient (Wildman–Crippen LogP) is 3.39. The summed E-state index contributed by atoms with van der Waals surface area (Å²) >= 11 is 7.45. The largest absolute Gasteiger partial charge is 0.468 e. The average molecular weight is 297 g/mol. The maximum Gasteiger partial charge on any atom is 0.234 e. The van der Waals surface area contributed by atoms with E-state index in [2.05, 4.69) is 5.32 Å². The van der Waals surface area contributed by atoms with E-state index >= 15 is 0 Å². The highest BCUT2D eigenvalue weighted by molar-refractivity contribution is 7.99. The Morgan fingerprint density at radius 2 is 2.26 bits per heavy atom. The fourth-order valence-corrected chi connectivity index (χ4v) is 2.42. The summed E-state index contributed by atoms with van der Waals surface area (Å²) in [4.78, 5) is 11.7. The summed E-state index contributed by atoms with van der Waals surface area (Å²) < 4.78 is 5.18. The molecule has 0 bridgehead atoms. The number of nitrogens with one attached hydrogen (secondary N) is 1. The van der Waals surface area contributed by atoms with E-state index in [0.29, 0.717) is 27.9 Å². The number of amides is 1. The number of hydrogen-bond acceptors (Lipinski definition) is 4. The molecule has 2 aromatic rings. The smallest absolute Gasteiger partial charge is 0.234 e. The molecule has 0 fully saturated rings. The van der Waals surface area contributed by atoms with Gasteiger partial charge in [-0.25, -0.2) is 0 Å². The first-order valence-electron chi connectivity index (χ1n) is 5.60. The number of halogens is 1. The van der Waals surface area contributed by atoms with E-state index in [9.17, 15) is 4.79 Å². The second kappa shape index (κ2) is 6.54. The van der Waals surface area contributed by atoms with Crippen LogP contribution in [-0.2, 0) is 10.5 Å². The van der Waals surface area contributed by atoms with Gasteiger partial charge in [-0.1, -0.05) is 11.6 Å². The van der Waals surface area contributed by atoms with Gasteiger partial charge in [0.05, 0.1) is 28.5 Å². The number of nitrogens with two attached hydrogens (primary N) is 1. The number of furan rings is 1. The summed E-state index contributed by atoms with van der Waals surface area (Å²) in [6.07, 6.45) is 1.62. The van der Waals surface area contributed by atoms with E-state index < -0.39 is 0 Å². The first-order valence-corrected chi connectivity index (χ1v) is 7.13. The zero-order chi connectivity index (χ0) is 13.7. The lowest BCUT2D eigenvalue weighted by molar-refractivity contribution is -0.113. The van der Waals surface area contributed by atoms with Crippen LogP contribution in [0.1, 0.15) is 5.76 Å². The van der Waals surface area contributed by atoms with Crippen molar-refractivity contribution in [1.82, 2.24) is 0 Å². The van der Waals surface area contributed by atoms with Gasteiger partial charge in [-0.05, 0) is 30.3 Å². The van der Waals surface area contributed by atoms with Crippen LogP contribution >= 0.6 is 23.4 Å². The summed E-state index contributed by atoms with van der Waals surface area (Å²) in [5.41, 5.74) is 6.71. The van der Waals surface area contributed by atoms with Gasteiger partial charge in [0.25, 0.3) is 0 Å². The Morgan fingerprint density at radius 3 is 2.95 bits per heavy atom. The van der Waals surface area contributed by atoms with E-state index in [-0.39, 0.29) is 5.91 Å². The van der Waals surface area contributed by atoms with Crippen LogP contribution in [0.2, 0.25) is 5.02 Å². The SMILES string of the molecule is Nc1ccc(NC(=O)CSCc2ccco2)c(Cl)c1. The summed E-state index contributed by atoms with van der Waals surface area (Å²) in [5, 5.41) is 3.17. The van der Waals surface area contributed by atoms with Crippen LogP contribution in [0, 0.1) is 0 Å². The Labute approximate surface area is 120 Å². The summed E-state index contributed by atoms with van der Waals surface area (Å²) in [7, 11) is 0. The maximum absolute atomic E-state index is 11.7.